The fourth-order valence-electron chi connectivity index (χ4n) is 3.50. The van der Waals surface area contributed by atoms with Crippen molar-refractivity contribution in [1.29, 1.82) is 0 Å². The number of carbonyl (C=O) groups is 2. The third kappa shape index (κ3) is 3.61. The molecule has 3 heterocycles. The number of hydrogen-bond acceptors (Lipinski definition) is 5. The van der Waals surface area contributed by atoms with Crippen LogP contribution in [0.25, 0.3) is 11.3 Å². The van der Waals surface area contributed by atoms with Gasteiger partial charge in [-0.05, 0) is 23.8 Å². The Bertz CT molecular complexity index is 1050. The summed E-state index contributed by atoms with van der Waals surface area (Å²) in [5, 5.41) is 4.36. The molecule has 2 unspecified atom stereocenters. The number of carbonyl (C=O) groups excluding carboxylic acids is 2. The number of nitrogens with one attached hydrogen (secondary N) is 1. The van der Waals surface area contributed by atoms with E-state index in [0.29, 0.717) is 0 Å². The summed E-state index contributed by atoms with van der Waals surface area (Å²) in [7, 11) is 1.65. The molecule has 2 aromatic heterocycles. The zero-order valence-corrected chi connectivity index (χ0v) is 16.1. The molecule has 1 aliphatic heterocycles. The van der Waals surface area contributed by atoms with E-state index in [9.17, 15) is 18.4 Å². The lowest BCUT2D eigenvalue weighted by molar-refractivity contribution is -0.127. The Hall–Kier alpha value is -3.20. The summed E-state index contributed by atoms with van der Waals surface area (Å²) in [5.74, 6) is -2.62. The van der Waals surface area contributed by atoms with Crippen LogP contribution in [0.5, 0.6) is 0 Å². The van der Waals surface area contributed by atoms with E-state index in [4.69, 9.17) is 0 Å². The number of likely N-dealkylation sites (tertiary alicyclic amines) is 1. The molecule has 2 amide bonds. The maximum atomic E-state index is 14.0. The van der Waals surface area contributed by atoms with Gasteiger partial charge in [-0.1, -0.05) is 12.1 Å². The molecule has 0 aliphatic carbocycles. The molecule has 1 fully saturated rings. The van der Waals surface area contributed by atoms with Gasteiger partial charge in [0, 0.05) is 31.2 Å². The van der Waals surface area contributed by atoms with Gasteiger partial charge >= 0.3 is 0 Å². The SMILES string of the molecule is CN1C(=O)CC(C(=O)Nc2nc(-c3c(F)cccc3F)cs2)C1c1cccnc1. The van der Waals surface area contributed by atoms with Crippen LogP contribution >= 0.6 is 11.3 Å². The first-order valence-corrected chi connectivity index (χ1v) is 9.70. The van der Waals surface area contributed by atoms with Crippen molar-refractivity contribution in [2.45, 2.75) is 12.5 Å². The molecule has 0 radical (unpaired) electrons. The molecule has 29 heavy (non-hydrogen) atoms. The molecule has 1 saturated heterocycles. The van der Waals surface area contributed by atoms with Gasteiger partial charge in [-0.25, -0.2) is 13.8 Å². The Morgan fingerprint density at radius 3 is 2.69 bits per heavy atom. The Morgan fingerprint density at radius 2 is 2.00 bits per heavy atom. The zero-order chi connectivity index (χ0) is 20.5. The topological polar surface area (TPSA) is 75.2 Å². The second-order valence-corrected chi connectivity index (χ2v) is 7.53. The van der Waals surface area contributed by atoms with Crippen molar-refractivity contribution in [2.24, 2.45) is 5.92 Å². The van der Waals surface area contributed by atoms with Gasteiger partial charge in [-0.2, -0.15) is 0 Å². The third-order valence-corrected chi connectivity index (χ3v) is 5.66. The van der Waals surface area contributed by atoms with Gasteiger partial charge in [0.1, 0.15) is 11.6 Å². The van der Waals surface area contributed by atoms with Gasteiger partial charge in [0.25, 0.3) is 0 Å². The second-order valence-electron chi connectivity index (χ2n) is 6.67. The standard InChI is InChI=1S/C20H16F2N4O2S/c1-26-16(27)8-12(18(26)11-4-3-7-23-9-11)19(28)25-20-24-15(10-29-20)17-13(21)5-2-6-14(17)22/h2-7,9-10,12,18H,8H2,1H3,(H,24,25,28). The summed E-state index contributed by atoms with van der Waals surface area (Å²) in [6.45, 7) is 0. The number of pyridine rings is 1. The van der Waals surface area contributed by atoms with Crippen LogP contribution in [-0.4, -0.2) is 33.7 Å². The van der Waals surface area contributed by atoms with E-state index in [2.05, 4.69) is 15.3 Å². The van der Waals surface area contributed by atoms with E-state index in [1.807, 2.05) is 6.07 Å². The molecule has 148 valence electrons. The van der Waals surface area contributed by atoms with Gasteiger partial charge in [0.15, 0.2) is 5.13 Å². The first-order valence-electron chi connectivity index (χ1n) is 8.82. The lowest BCUT2D eigenvalue weighted by Gasteiger charge is -2.24. The molecule has 0 bridgehead atoms. The first kappa shape index (κ1) is 19.1. The second kappa shape index (κ2) is 7.67. The molecular formula is C20H16F2N4O2S. The molecule has 4 rings (SSSR count). The molecule has 1 N–H and O–H groups in total. The number of halogens is 2. The molecule has 9 heteroatoms. The average Bonchev–Trinajstić information content (AvgIpc) is 3.27. The average molecular weight is 414 g/mol. The molecule has 3 aromatic rings. The lowest BCUT2D eigenvalue weighted by Crippen LogP contribution is -2.30. The highest BCUT2D eigenvalue weighted by molar-refractivity contribution is 7.14. The van der Waals surface area contributed by atoms with Crippen molar-refractivity contribution in [3.8, 4) is 11.3 Å². The number of rotatable bonds is 4. The summed E-state index contributed by atoms with van der Waals surface area (Å²) in [6.07, 6.45) is 3.30. The van der Waals surface area contributed by atoms with Crippen LogP contribution in [0.15, 0.2) is 48.1 Å². The van der Waals surface area contributed by atoms with E-state index < -0.39 is 23.6 Å². The van der Waals surface area contributed by atoms with Crippen LogP contribution in [0.1, 0.15) is 18.0 Å². The van der Waals surface area contributed by atoms with E-state index >= 15 is 0 Å². The van der Waals surface area contributed by atoms with Crippen LogP contribution in [0.3, 0.4) is 0 Å². The Balaban J connectivity index is 1.57. The predicted octanol–water partition coefficient (Wildman–Crippen LogP) is 3.64. The van der Waals surface area contributed by atoms with Gasteiger partial charge < -0.3 is 10.2 Å². The van der Waals surface area contributed by atoms with Crippen molar-refractivity contribution in [3.63, 3.8) is 0 Å². The van der Waals surface area contributed by atoms with Crippen molar-refractivity contribution >= 4 is 28.3 Å². The predicted molar refractivity (Wildman–Crippen MR) is 104 cm³/mol. The Labute approximate surface area is 169 Å². The van der Waals surface area contributed by atoms with Crippen molar-refractivity contribution < 1.29 is 18.4 Å². The van der Waals surface area contributed by atoms with Crippen molar-refractivity contribution in [3.05, 3.63) is 65.3 Å². The Morgan fingerprint density at radius 1 is 1.24 bits per heavy atom. The molecule has 1 aromatic carbocycles. The summed E-state index contributed by atoms with van der Waals surface area (Å²) in [5.41, 5.74) is 0.617. The number of anilines is 1. The minimum Gasteiger partial charge on any atom is -0.338 e. The molecule has 6 nitrogen and oxygen atoms in total. The lowest BCUT2D eigenvalue weighted by atomic mass is 9.94. The number of nitrogens with zero attached hydrogens (tertiary/aromatic N) is 3. The maximum absolute atomic E-state index is 14.0. The first-order chi connectivity index (χ1) is 14.0. The summed E-state index contributed by atoms with van der Waals surface area (Å²) in [6, 6.07) is 6.69. The van der Waals surface area contributed by atoms with Gasteiger partial charge in [-0.15, -0.1) is 11.3 Å². The van der Waals surface area contributed by atoms with E-state index in [0.717, 1.165) is 29.0 Å². The number of thiazole rings is 1. The smallest absolute Gasteiger partial charge is 0.232 e. The minimum absolute atomic E-state index is 0.0576. The van der Waals surface area contributed by atoms with E-state index in [1.54, 1.807) is 25.5 Å². The molecule has 0 spiro atoms. The van der Waals surface area contributed by atoms with Crippen LogP contribution in [0.4, 0.5) is 13.9 Å². The van der Waals surface area contributed by atoms with Crippen molar-refractivity contribution in [2.75, 3.05) is 12.4 Å². The maximum Gasteiger partial charge on any atom is 0.232 e. The Kier molecular flexibility index (Phi) is 5.06. The quantitative estimate of drug-likeness (QED) is 0.707. The summed E-state index contributed by atoms with van der Waals surface area (Å²) in [4.78, 5) is 34.8. The van der Waals surface area contributed by atoms with Crippen LogP contribution in [0, 0.1) is 17.6 Å². The highest BCUT2D eigenvalue weighted by Crippen LogP contribution is 2.38. The van der Waals surface area contributed by atoms with Gasteiger partial charge in [0.05, 0.1) is 23.2 Å². The van der Waals surface area contributed by atoms with Gasteiger partial charge in [0.2, 0.25) is 11.8 Å². The fourth-order valence-corrected chi connectivity index (χ4v) is 4.20. The fraction of sp³-hybridized carbons (Fsp3) is 0.200. The van der Waals surface area contributed by atoms with Crippen LogP contribution in [0.2, 0.25) is 0 Å². The molecular weight excluding hydrogens is 398 g/mol. The van der Waals surface area contributed by atoms with E-state index in [-0.39, 0.29) is 34.6 Å². The largest absolute Gasteiger partial charge is 0.338 e. The monoisotopic (exact) mass is 414 g/mol. The zero-order valence-electron chi connectivity index (χ0n) is 15.3. The number of benzene rings is 1. The normalized spacial score (nSPS) is 18.9. The highest BCUT2D eigenvalue weighted by Gasteiger charge is 2.43. The minimum atomic E-state index is -0.729. The van der Waals surface area contributed by atoms with E-state index in [1.165, 1.54) is 16.3 Å². The molecule has 1 aliphatic rings. The highest BCUT2D eigenvalue weighted by atomic mass is 32.1. The third-order valence-electron chi connectivity index (χ3n) is 4.90. The number of hydrogen-bond donors (Lipinski definition) is 1. The summed E-state index contributed by atoms with van der Waals surface area (Å²) < 4.78 is 27.9. The van der Waals surface area contributed by atoms with Gasteiger partial charge in [-0.3, -0.25) is 14.6 Å². The number of aromatic nitrogens is 2. The van der Waals surface area contributed by atoms with Crippen LogP contribution in [-0.2, 0) is 9.59 Å². The number of amides is 2. The molecule has 2 atom stereocenters. The van der Waals surface area contributed by atoms with Crippen molar-refractivity contribution in [1.82, 2.24) is 14.9 Å². The van der Waals surface area contributed by atoms with Crippen LogP contribution < -0.4 is 5.32 Å². The molecule has 0 saturated carbocycles. The summed E-state index contributed by atoms with van der Waals surface area (Å²) >= 11 is 1.06.